The molecule has 0 aliphatic heterocycles. The van der Waals surface area contributed by atoms with Gasteiger partial charge in [-0.05, 0) is 39.3 Å². The Labute approximate surface area is 113 Å². The number of carbonyl (C=O) groups is 1. The minimum atomic E-state index is -0.611. The van der Waals surface area contributed by atoms with E-state index in [1.54, 1.807) is 13.0 Å². The lowest BCUT2D eigenvalue weighted by molar-refractivity contribution is -0.168. The summed E-state index contributed by atoms with van der Waals surface area (Å²) in [5, 5.41) is 0.633. The van der Waals surface area contributed by atoms with E-state index in [9.17, 15) is 4.79 Å². The number of ether oxygens (including phenoxy) is 2. The molecule has 0 saturated heterocycles. The van der Waals surface area contributed by atoms with E-state index in [2.05, 4.69) is 0 Å². The summed E-state index contributed by atoms with van der Waals surface area (Å²) < 4.78 is 10.7. The van der Waals surface area contributed by atoms with E-state index in [0.717, 1.165) is 5.56 Å². The molecule has 0 aliphatic carbocycles. The lowest BCUT2D eigenvalue weighted by Crippen LogP contribution is -2.31. The predicted octanol–water partition coefficient (Wildman–Crippen LogP) is 3.59. The van der Waals surface area contributed by atoms with Crippen molar-refractivity contribution < 1.29 is 14.3 Å². The van der Waals surface area contributed by atoms with Crippen LogP contribution in [0.2, 0.25) is 5.02 Å². The fourth-order valence-electron chi connectivity index (χ4n) is 1.28. The van der Waals surface area contributed by atoms with Gasteiger partial charge in [0.05, 0.1) is 6.61 Å². The van der Waals surface area contributed by atoms with Crippen molar-refractivity contribution in [3.63, 3.8) is 0 Å². The summed E-state index contributed by atoms with van der Waals surface area (Å²) in [6, 6.07) is 7.38. The van der Waals surface area contributed by atoms with Crippen molar-refractivity contribution in [1.82, 2.24) is 0 Å². The molecule has 0 heterocycles. The average Bonchev–Trinajstić information content (AvgIpc) is 2.25. The number of hydrogen-bond acceptors (Lipinski definition) is 3. The Bertz CT molecular complexity index is 410. The molecule has 1 aromatic carbocycles. The highest BCUT2D eigenvalue weighted by Crippen LogP contribution is 2.17. The Kier molecular flexibility index (Phi) is 5.17. The molecule has 0 aliphatic rings. The Morgan fingerprint density at radius 2 is 1.94 bits per heavy atom. The highest BCUT2D eigenvalue weighted by Gasteiger charge is 2.22. The van der Waals surface area contributed by atoms with Crippen LogP contribution in [0.4, 0.5) is 0 Å². The van der Waals surface area contributed by atoms with Crippen molar-refractivity contribution >= 4 is 17.6 Å². The van der Waals surface area contributed by atoms with Gasteiger partial charge in [-0.3, -0.25) is 0 Å². The maximum absolute atomic E-state index is 11.7. The van der Waals surface area contributed by atoms with Crippen LogP contribution in [0.5, 0.6) is 0 Å². The number of esters is 1. The topological polar surface area (TPSA) is 35.5 Å². The van der Waals surface area contributed by atoms with Gasteiger partial charge in [-0.25, -0.2) is 4.79 Å². The number of rotatable bonds is 4. The summed E-state index contributed by atoms with van der Waals surface area (Å²) in [5.41, 5.74) is 0.355. The van der Waals surface area contributed by atoms with Gasteiger partial charge in [0.15, 0.2) is 6.10 Å². The van der Waals surface area contributed by atoms with Crippen molar-refractivity contribution in [2.24, 2.45) is 0 Å². The first-order valence-electron chi connectivity index (χ1n) is 5.87. The number of benzene rings is 1. The molecule has 0 N–H and O–H groups in total. The van der Waals surface area contributed by atoms with Gasteiger partial charge in [0.2, 0.25) is 0 Å². The maximum Gasteiger partial charge on any atom is 0.335 e. The quantitative estimate of drug-likeness (QED) is 0.785. The molecule has 1 unspecified atom stereocenters. The van der Waals surface area contributed by atoms with Crippen LogP contribution in [0.15, 0.2) is 24.3 Å². The Hall–Kier alpha value is -1.06. The van der Waals surface area contributed by atoms with E-state index < -0.39 is 11.7 Å². The molecule has 1 atom stereocenters. The highest BCUT2D eigenvalue weighted by atomic mass is 35.5. The maximum atomic E-state index is 11.7. The van der Waals surface area contributed by atoms with E-state index in [-0.39, 0.29) is 5.97 Å². The summed E-state index contributed by atoms with van der Waals surface area (Å²) in [5.74, 6) is -0.366. The largest absolute Gasteiger partial charge is 0.458 e. The van der Waals surface area contributed by atoms with Crippen molar-refractivity contribution in [3.8, 4) is 0 Å². The molecular weight excluding hydrogens is 252 g/mol. The fraction of sp³-hybridized carbons (Fsp3) is 0.500. The van der Waals surface area contributed by atoms with E-state index >= 15 is 0 Å². The first-order valence-corrected chi connectivity index (χ1v) is 6.25. The van der Waals surface area contributed by atoms with Crippen molar-refractivity contribution in [3.05, 3.63) is 34.9 Å². The molecule has 0 aromatic heterocycles. The third kappa shape index (κ3) is 5.07. The van der Waals surface area contributed by atoms with E-state index in [4.69, 9.17) is 21.1 Å². The minimum Gasteiger partial charge on any atom is -0.458 e. The van der Waals surface area contributed by atoms with Crippen LogP contribution in [0.25, 0.3) is 0 Å². The van der Waals surface area contributed by atoms with Crippen LogP contribution in [0.3, 0.4) is 0 Å². The van der Waals surface area contributed by atoms with Crippen molar-refractivity contribution in [1.29, 1.82) is 0 Å². The van der Waals surface area contributed by atoms with Gasteiger partial charge in [0, 0.05) is 5.02 Å². The number of hydrogen-bond donors (Lipinski definition) is 0. The second-order valence-electron chi connectivity index (χ2n) is 5.08. The molecule has 1 aromatic rings. The van der Waals surface area contributed by atoms with Crippen LogP contribution in [-0.4, -0.2) is 17.7 Å². The zero-order chi connectivity index (χ0) is 13.8. The minimum absolute atomic E-state index is 0.292. The zero-order valence-corrected chi connectivity index (χ0v) is 12.0. The van der Waals surface area contributed by atoms with E-state index in [1.165, 1.54) is 0 Å². The molecule has 0 radical (unpaired) electrons. The Morgan fingerprint density at radius 3 is 2.50 bits per heavy atom. The highest BCUT2D eigenvalue weighted by molar-refractivity contribution is 6.31. The molecule has 100 valence electrons. The molecule has 0 amide bonds. The molecule has 0 bridgehead atoms. The smallest absolute Gasteiger partial charge is 0.335 e. The third-order valence-corrected chi connectivity index (χ3v) is 2.55. The summed E-state index contributed by atoms with van der Waals surface area (Å²) >= 11 is 6.00. The first kappa shape index (κ1) is 15.0. The van der Waals surface area contributed by atoms with Crippen molar-refractivity contribution in [2.45, 2.75) is 46.0 Å². The second-order valence-corrected chi connectivity index (χ2v) is 5.49. The third-order valence-electron chi connectivity index (χ3n) is 2.19. The van der Waals surface area contributed by atoms with Gasteiger partial charge in [-0.2, -0.15) is 0 Å². The predicted molar refractivity (Wildman–Crippen MR) is 71.5 cm³/mol. The van der Waals surface area contributed by atoms with E-state index in [0.29, 0.717) is 11.6 Å². The first-order chi connectivity index (χ1) is 8.29. The van der Waals surface area contributed by atoms with Gasteiger partial charge in [0.1, 0.15) is 5.60 Å². The number of carbonyl (C=O) groups excluding carboxylic acids is 1. The summed E-state index contributed by atoms with van der Waals surface area (Å²) in [6.45, 7) is 7.44. The van der Waals surface area contributed by atoms with Gasteiger partial charge in [-0.15, -0.1) is 0 Å². The molecule has 4 heteroatoms. The molecule has 18 heavy (non-hydrogen) atoms. The van der Waals surface area contributed by atoms with Gasteiger partial charge < -0.3 is 9.47 Å². The summed E-state index contributed by atoms with van der Waals surface area (Å²) in [7, 11) is 0. The molecule has 3 nitrogen and oxygen atoms in total. The molecule has 0 fully saturated rings. The summed E-state index contributed by atoms with van der Waals surface area (Å²) in [4.78, 5) is 11.7. The Balaban J connectivity index is 2.49. The van der Waals surface area contributed by atoms with Crippen LogP contribution < -0.4 is 0 Å². The SMILES string of the molecule is CC(OCc1ccccc1Cl)C(=O)OC(C)(C)C. The van der Waals surface area contributed by atoms with Crippen LogP contribution >= 0.6 is 11.6 Å². The van der Waals surface area contributed by atoms with Crippen LogP contribution in [0, 0.1) is 0 Å². The fourth-order valence-corrected chi connectivity index (χ4v) is 1.47. The van der Waals surface area contributed by atoms with Crippen molar-refractivity contribution in [2.75, 3.05) is 0 Å². The Morgan fingerprint density at radius 1 is 1.33 bits per heavy atom. The number of halogens is 1. The van der Waals surface area contributed by atoms with Crippen LogP contribution in [0.1, 0.15) is 33.3 Å². The standard InChI is InChI=1S/C14H19ClO3/c1-10(13(16)18-14(2,3)4)17-9-11-7-5-6-8-12(11)15/h5-8,10H,9H2,1-4H3. The normalized spacial score (nSPS) is 13.2. The summed E-state index contributed by atoms with van der Waals surface area (Å²) in [6.07, 6.45) is -0.611. The van der Waals surface area contributed by atoms with Gasteiger partial charge in [-0.1, -0.05) is 29.8 Å². The van der Waals surface area contributed by atoms with Gasteiger partial charge in [0.25, 0.3) is 0 Å². The monoisotopic (exact) mass is 270 g/mol. The molecule has 1 rings (SSSR count). The van der Waals surface area contributed by atoms with E-state index in [1.807, 2.05) is 39.0 Å². The second kappa shape index (κ2) is 6.21. The molecule has 0 saturated carbocycles. The lowest BCUT2D eigenvalue weighted by atomic mass is 10.2. The average molecular weight is 271 g/mol. The molecule has 0 spiro atoms. The van der Waals surface area contributed by atoms with Crippen LogP contribution in [-0.2, 0) is 20.9 Å². The molecular formula is C14H19ClO3. The zero-order valence-electron chi connectivity index (χ0n) is 11.2. The van der Waals surface area contributed by atoms with Gasteiger partial charge >= 0.3 is 5.97 Å². The lowest BCUT2D eigenvalue weighted by Gasteiger charge is -2.22.